The number of carboxylic acids is 1. The molecule has 0 saturated carbocycles. The van der Waals surface area contributed by atoms with Crippen molar-refractivity contribution in [1.29, 1.82) is 0 Å². The van der Waals surface area contributed by atoms with Crippen LogP contribution in [0.5, 0.6) is 0 Å². The number of carbonyl (C=O) groups is 1. The molecule has 0 saturated heterocycles. The molecule has 0 aromatic carbocycles. The first-order valence-electron chi connectivity index (χ1n) is 3.86. The maximum Gasteiger partial charge on any atom is 0.332 e. The Morgan fingerprint density at radius 2 is 1.82 bits per heavy atom. The molecular formula is C8H16O3. The summed E-state index contributed by atoms with van der Waals surface area (Å²) >= 11 is 0. The molecule has 3 nitrogen and oxygen atoms in total. The Kier molecular flexibility index (Phi) is 4.11. The molecule has 66 valence electrons. The Morgan fingerprint density at radius 3 is 2.09 bits per heavy atom. The van der Waals surface area contributed by atoms with E-state index in [2.05, 4.69) is 0 Å². The van der Waals surface area contributed by atoms with Crippen LogP contribution in [-0.4, -0.2) is 22.3 Å². The molecule has 2 N–H and O–H groups in total. The summed E-state index contributed by atoms with van der Waals surface area (Å²) in [7, 11) is 0. The van der Waals surface area contributed by atoms with Gasteiger partial charge in [0.25, 0.3) is 0 Å². The maximum atomic E-state index is 10.2. The molecule has 2 atom stereocenters. The average Bonchev–Trinajstić information content (AvgIpc) is 1.87. The SMILES string of the molecule is CC(C)[C@@H](C)C[C@@H](O)C(=O)O. The molecule has 0 unspecified atom stereocenters. The number of aliphatic carboxylic acids is 1. The second-order valence-electron chi connectivity index (χ2n) is 3.31. The van der Waals surface area contributed by atoms with E-state index in [-0.39, 0.29) is 5.92 Å². The minimum Gasteiger partial charge on any atom is -0.479 e. The zero-order chi connectivity index (χ0) is 9.02. The minimum absolute atomic E-state index is 0.251. The number of rotatable bonds is 4. The van der Waals surface area contributed by atoms with E-state index in [0.717, 1.165) is 0 Å². The van der Waals surface area contributed by atoms with Crippen LogP contribution < -0.4 is 0 Å². The first-order valence-corrected chi connectivity index (χ1v) is 3.86. The van der Waals surface area contributed by atoms with Crippen LogP contribution in [0.3, 0.4) is 0 Å². The van der Waals surface area contributed by atoms with Gasteiger partial charge in [-0.15, -0.1) is 0 Å². The number of hydrogen-bond acceptors (Lipinski definition) is 2. The number of carboxylic acid groups (broad SMARTS) is 1. The van der Waals surface area contributed by atoms with Gasteiger partial charge in [-0.05, 0) is 18.3 Å². The van der Waals surface area contributed by atoms with Crippen molar-refractivity contribution >= 4 is 5.97 Å². The van der Waals surface area contributed by atoms with E-state index in [4.69, 9.17) is 10.2 Å². The number of aliphatic hydroxyl groups excluding tert-OH is 1. The molecule has 0 bridgehead atoms. The highest BCUT2D eigenvalue weighted by atomic mass is 16.4. The lowest BCUT2D eigenvalue weighted by atomic mass is 9.92. The summed E-state index contributed by atoms with van der Waals surface area (Å²) in [4.78, 5) is 10.2. The molecule has 0 aromatic heterocycles. The van der Waals surface area contributed by atoms with Gasteiger partial charge in [-0.2, -0.15) is 0 Å². The first-order chi connectivity index (χ1) is 4.95. The lowest BCUT2D eigenvalue weighted by Gasteiger charge is -2.16. The largest absolute Gasteiger partial charge is 0.479 e. The third-order valence-electron chi connectivity index (χ3n) is 2.02. The fraction of sp³-hybridized carbons (Fsp3) is 0.875. The lowest BCUT2D eigenvalue weighted by Crippen LogP contribution is -2.23. The zero-order valence-electron chi connectivity index (χ0n) is 7.24. The molecule has 0 heterocycles. The van der Waals surface area contributed by atoms with Gasteiger partial charge in [0.2, 0.25) is 0 Å². The van der Waals surface area contributed by atoms with Gasteiger partial charge in [-0.1, -0.05) is 20.8 Å². The second kappa shape index (κ2) is 4.34. The Labute approximate surface area is 67.0 Å². The van der Waals surface area contributed by atoms with Crippen LogP contribution in [0.2, 0.25) is 0 Å². The van der Waals surface area contributed by atoms with E-state index in [1.54, 1.807) is 0 Å². The average molecular weight is 160 g/mol. The van der Waals surface area contributed by atoms with Crippen LogP contribution in [0.25, 0.3) is 0 Å². The highest BCUT2D eigenvalue weighted by Gasteiger charge is 2.18. The van der Waals surface area contributed by atoms with Crippen LogP contribution in [0, 0.1) is 11.8 Å². The van der Waals surface area contributed by atoms with Gasteiger partial charge in [-0.25, -0.2) is 4.79 Å². The molecule has 0 rings (SSSR count). The van der Waals surface area contributed by atoms with Gasteiger partial charge in [0.05, 0.1) is 0 Å². The highest BCUT2D eigenvalue weighted by Crippen LogP contribution is 2.15. The van der Waals surface area contributed by atoms with Crippen LogP contribution in [-0.2, 0) is 4.79 Å². The quantitative estimate of drug-likeness (QED) is 0.647. The summed E-state index contributed by atoms with van der Waals surface area (Å²) in [5.41, 5.74) is 0. The van der Waals surface area contributed by atoms with Crippen molar-refractivity contribution in [3.63, 3.8) is 0 Å². The predicted molar refractivity (Wildman–Crippen MR) is 42.3 cm³/mol. The Morgan fingerprint density at radius 1 is 1.36 bits per heavy atom. The maximum absolute atomic E-state index is 10.2. The lowest BCUT2D eigenvalue weighted by molar-refractivity contribution is -0.147. The normalized spacial score (nSPS) is 16.5. The summed E-state index contributed by atoms with van der Waals surface area (Å²) in [6, 6.07) is 0. The third-order valence-corrected chi connectivity index (χ3v) is 2.02. The molecule has 0 aliphatic carbocycles. The minimum atomic E-state index is -1.20. The molecule has 0 aliphatic heterocycles. The van der Waals surface area contributed by atoms with E-state index in [1.165, 1.54) is 0 Å². The van der Waals surface area contributed by atoms with Gasteiger partial charge in [0.1, 0.15) is 0 Å². The fourth-order valence-electron chi connectivity index (χ4n) is 0.725. The van der Waals surface area contributed by atoms with E-state index < -0.39 is 12.1 Å². The Bertz CT molecular complexity index is 131. The topological polar surface area (TPSA) is 57.5 Å². The van der Waals surface area contributed by atoms with Crippen molar-refractivity contribution in [3.05, 3.63) is 0 Å². The van der Waals surface area contributed by atoms with Crippen LogP contribution in [0.4, 0.5) is 0 Å². The van der Waals surface area contributed by atoms with Gasteiger partial charge < -0.3 is 10.2 Å². The van der Waals surface area contributed by atoms with Gasteiger partial charge in [0, 0.05) is 0 Å². The Balaban J connectivity index is 3.75. The van der Waals surface area contributed by atoms with E-state index in [9.17, 15) is 4.79 Å². The van der Waals surface area contributed by atoms with Gasteiger partial charge in [-0.3, -0.25) is 0 Å². The first kappa shape index (κ1) is 10.4. The molecule has 3 heteroatoms. The van der Waals surface area contributed by atoms with Gasteiger partial charge in [0.15, 0.2) is 6.10 Å². The molecule has 0 amide bonds. The zero-order valence-corrected chi connectivity index (χ0v) is 7.24. The highest BCUT2D eigenvalue weighted by molar-refractivity contribution is 5.71. The monoisotopic (exact) mass is 160 g/mol. The summed E-state index contributed by atoms with van der Waals surface area (Å²) in [6.07, 6.45) is -0.861. The molecule has 0 radical (unpaired) electrons. The summed E-state index contributed by atoms with van der Waals surface area (Å²) in [5.74, 6) is -0.456. The van der Waals surface area contributed by atoms with E-state index >= 15 is 0 Å². The van der Waals surface area contributed by atoms with Crippen LogP contribution >= 0.6 is 0 Å². The third kappa shape index (κ3) is 3.98. The Hall–Kier alpha value is -0.570. The van der Waals surface area contributed by atoms with Crippen molar-refractivity contribution in [2.75, 3.05) is 0 Å². The van der Waals surface area contributed by atoms with E-state index in [0.29, 0.717) is 12.3 Å². The molecule has 11 heavy (non-hydrogen) atoms. The number of aliphatic hydroxyl groups is 1. The standard InChI is InChI=1S/C8H16O3/c1-5(2)6(3)4-7(9)8(10)11/h5-7,9H,4H2,1-3H3,(H,10,11)/t6-,7+/m0/s1. The molecule has 0 spiro atoms. The second-order valence-corrected chi connectivity index (χ2v) is 3.31. The molecule has 0 fully saturated rings. The van der Waals surface area contributed by atoms with Crippen molar-refractivity contribution in [2.24, 2.45) is 11.8 Å². The van der Waals surface area contributed by atoms with Gasteiger partial charge >= 0.3 is 5.97 Å². The van der Waals surface area contributed by atoms with Crippen LogP contribution in [0.15, 0.2) is 0 Å². The van der Waals surface area contributed by atoms with Crippen molar-refractivity contribution < 1.29 is 15.0 Å². The molecule has 0 aliphatic rings. The smallest absolute Gasteiger partial charge is 0.332 e. The predicted octanol–water partition coefficient (Wildman–Crippen LogP) is 1.11. The summed E-state index contributed by atoms with van der Waals surface area (Å²) in [6.45, 7) is 5.97. The van der Waals surface area contributed by atoms with Crippen molar-refractivity contribution in [2.45, 2.75) is 33.3 Å². The fourth-order valence-corrected chi connectivity index (χ4v) is 0.725. The van der Waals surface area contributed by atoms with Crippen molar-refractivity contribution in [1.82, 2.24) is 0 Å². The molecular weight excluding hydrogens is 144 g/mol. The summed E-state index contributed by atoms with van der Waals surface area (Å²) < 4.78 is 0. The van der Waals surface area contributed by atoms with E-state index in [1.807, 2.05) is 20.8 Å². The number of hydrogen-bond donors (Lipinski definition) is 2. The van der Waals surface area contributed by atoms with Crippen molar-refractivity contribution in [3.8, 4) is 0 Å². The summed E-state index contributed by atoms with van der Waals surface area (Å²) in [5, 5.41) is 17.3. The van der Waals surface area contributed by atoms with Crippen LogP contribution in [0.1, 0.15) is 27.2 Å². The molecule has 0 aromatic rings.